The Bertz CT molecular complexity index is 1260. The Labute approximate surface area is 217 Å². The van der Waals surface area contributed by atoms with E-state index < -0.39 is 0 Å². The summed E-state index contributed by atoms with van der Waals surface area (Å²) in [6, 6.07) is 12.3. The van der Waals surface area contributed by atoms with Crippen molar-refractivity contribution in [2.75, 3.05) is 24.3 Å². The molecular weight excluding hydrogens is 470 g/mol. The molecule has 3 aromatic rings. The lowest BCUT2D eigenvalue weighted by Gasteiger charge is -2.23. The highest BCUT2D eigenvalue weighted by Gasteiger charge is 2.42. The fraction of sp³-hybridized carbons (Fsp3) is 0.429. The summed E-state index contributed by atoms with van der Waals surface area (Å²) in [7, 11) is 1.63. The van der Waals surface area contributed by atoms with Gasteiger partial charge in [0.25, 0.3) is 0 Å². The van der Waals surface area contributed by atoms with E-state index >= 15 is 0 Å². The smallest absolute Gasteiger partial charge is 0.322 e. The number of amides is 2. The van der Waals surface area contributed by atoms with Crippen molar-refractivity contribution in [3.05, 3.63) is 59.7 Å². The first-order valence-electron chi connectivity index (χ1n) is 12.6. The van der Waals surface area contributed by atoms with Crippen molar-refractivity contribution in [2.24, 2.45) is 0 Å². The normalized spacial score (nSPS) is 18.7. The third-order valence-corrected chi connectivity index (χ3v) is 8.10. The van der Waals surface area contributed by atoms with Gasteiger partial charge in [0.05, 0.1) is 35.4 Å². The van der Waals surface area contributed by atoms with Crippen molar-refractivity contribution >= 4 is 23.5 Å². The summed E-state index contributed by atoms with van der Waals surface area (Å²) in [6.07, 6.45) is 4.69. The largest absolute Gasteiger partial charge is 0.480 e. The first-order chi connectivity index (χ1) is 17.5. The zero-order valence-electron chi connectivity index (χ0n) is 21.4. The molecule has 0 bridgehead atoms. The van der Waals surface area contributed by atoms with Crippen LogP contribution in [0.2, 0.25) is 0 Å². The average molecular weight is 504 g/mol. The molecule has 1 atom stereocenters. The van der Waals surface area contributed by atoms with Crippen molar-refractivity contribution in [3.8, 4) is 17.1 Å². The van der Waals surface area contributed by atoms with E-state index in [4.69, 9.17) is 9.72 Å². The monoisotopic (exact) mass is 503 g/mol. The summed E-state index contributed by atoms with van der Waals surface area (Å²) in [5.74, 6) is 2.03. The minimum atomic E-state index is -0.246. The number of pyridine rings is 1. The highest BCUT2D eigenvalue weighted by atomic mass is 32.2. The number of ether oxygens (including phenoxy) is 1. The molecule has 1 unspecified atom stereocenters. The maximum absolute atomic E-state index is 13.3. The van der Waals surface area contributed by atoms with Crippen LogP contribution in [0.1, 0.15) is 62.9 Å². The fourth-order valence-electron chi connectivity index (χ4n) is 4.81. The molecule has 0 radical (unpaired) electrons. The molecule has 5 rings (SSSR count). The number of nitrogens with zero attached hydrogens (tertiary/aromatic N) is 4. The van der Waals surface area contributed by atoms with Crippen molar-refractivity contribution in [1.29, 1.82) is 0 Å². The Morgan fingerprint density at radius 2 is 1.94 bits per heavy atom. The second-order valence-corrected chi connectivity index (χ2v) is 11.1. The van der Waals surface area contributed by atoms with Gasteiger partial charge < -0.3 is 10.1 Å². The molecule has 0 saturated heterocycles. The van der Waals surface area contributed by atoms with Gasteiger partial charge in [-0.15, -0.1) is 11.8 Å². The topological polar surface area (TPSA) is 80.2 Å². The van der Waals surface area contributed by atoms with E-state index in [-0.39, 0.29) is 11.4 Å². The highest BCUT2D eigenvalue weighted by Crippen LogP contribution is 2.47. The number of carbonyl (C=O) groups is 1. The zero-order chi connectivity index (χ0) is 25.3. The van der Waals surface area contributed by atoms with Gasteiger partial charge in [0.15, 0.2) is 0 Å². The second kappa shape index (κ2) is 10.1. The molecule has 8 heteroatoms. The molecule has 1 aliphatic heterocycles. The number of hydrogen-bond donors (Lipinski definition) is 1. The van der Waals surface area contributed by atoms with Gasteiger partial charge in [-0.05, 0) is 54.8 Å². The van der Waals surface area contributed by atoms with Crippen molar-refractivity contribution in [3.63, 3.8) is 0 Å². The quantitative estimate of drug-likeness (QED) is 0.384. The van der Waals surface area contributed by atoms with Crippen LogP contribution in [0, 0.1) is 0 Å². The van der Waals surface area contributed by atoms with Crippen LogP contribution in [0.3, 0.4) is 0 Å². The number of thioether (sulfide) groups is 1. The molecule has 7 nitrogen and oxygen atoms in total. The molecule has 1 aromatic carbocycles. The Kier molecular flexibility index (Phi) is 6.88. The molecule has 1 aliphatic carbocycles. The molecule has 188 valence electrons. The average Bonchev–Trinajstić information content (AvgIpc) is 3.72. The Morgan fingerprint density at radius 1 is 1.17 bits per heavy atom. The van der Waals surface area contributed by atoms with Gasteiger partial charge in [-0.25, -0.2) is 19.7 Å². The number of fused-ring (bicyclic) bond motifs is 1. The standard InChI is InChI=1S/C28H33N5O2S/c1-5-28(3)16-33(27(34)29-15-18-7-11-20(12-8-18)36-6-2)22-14-13-21(32-25(22)28)23-24(19-9-10-19)30-17-31-26(23)35-4/h7-8,11-14,17,19H,5-6,9-10,15-16H2,1-4H3,(H,29,34). The van der Waals surface area contributed by atoms with Crippen LogP contribution in [0.5, 0.6) is 5.88 Å². The van der Waals surface area contributed by atoms with E-state index in [2.05, 4.69) is 60.3 Å². The fourth-order valence-corrected chi connectivity index (χ4v) is 5.47. The summed E-state index contributed by atoms with van der Waals surface area (Å²) in [5, 5.41) is 3.10. The molecule has 2 aromatic heterocycles. The van der Waals surface area contributed by atoms with Crippen molar-refractivity contribution in [2.45, 2.75) is 62.8 Å². The molecule has 0 spiro atoms. The predicted octanol–water partition coefficient (Wildman–Crippen LogP) is 5.93. The molecule has 1 saturated carbocycles. The minimum absolute atomic E-state index is 0.103. The SMILES string of the molecule is CCSc1ccc(CNC(=O)N2CC(C)(CC)c3nc(-c4c(OC)ncnc4C4CC4)ccc32)cc1. The van der Waals surface area contributed by atoms with Crippen LogP contribution in [0.4, 0.5) is 10.5 Å². The molecule has 3 heterocycles. The third kappa shape index (κ3) is 4.66. The summed E-state index contributed by atoms with van der Waals surface area (Å²) >= 11 is 1.81. The number of benzene rings is 1. The van der Waals surface area contributed by atoms with Gasteiger partial charge >= 0.3 is 6.03 Å². The van der Waals surface area contributed by atoms with Gasteiger partial charge in [0.1, 0.15) is 6.33 Å². The van der Waals surface area contributed by atoms with E-state index in [9.17, 15) is 4.79 Å². The maximum atomic E-state index is 13.3. The summed E-state index contributed by atoms with van der Waals surface area (Å²) in [4.78, 5) is 30.4. The van der Waals surface area contributed by atoms with Crippen LogP contribution >= 0.6 is 11.8 Å². The van der Waals surface area contributed by atoms with Crippen LogP contribution < -0.4 is 15.0 Å². The van der Waals surface area contributed by atoms with Gasteiger partial charge in [0.2, 0.25) is 5.88 Å². The number of anilines is 1. The Hall–Kier alpha value is -3.13. The maximum Gasteiger partial charge on any atom is 0.322 e. The van der Waals surface area contributed by atoms with Crippen molar-refractivity contribution in [1.82, 2.24) is 20.3 Å². The second-order valence-electron chi connectivity index (χ2n) is 9.72. The number of aromatic nitrogens is 3. The van der Waals surface area contributed by atoms with Crippen molar-refractivity contribution < 1.29 is 9.53 Å². The molecule has 36 heavy (non-hydrogen) atoms. The number of methoxy groups -OCH3 is 1. The lowest BCUT2D eigenvalue weighted by molar-refractivity contribution is 0.245. The first kappa shape index (κ1) is 24.6. The van der Waals surface area contributed by atoms with E-state index in [1.54, 1.807) is 13.4 Å². The summed E-state index contributed by atoms with van der Waals surface area (Å²) in [5.41, 5.74) is 5.31. The summed E-state index contributed by atoms with van der Waals surface area (Å²) in [6.45, 7) is 7.55. The molecular formula is C28H33N5O2S. The van der Waals surface area contributed by atoms with E-state index in [0.29, 0.717) is 24.9 Å². The minimum Gasteiger partial charge on any atom is -0.480 e. The number of urea groups is 1. The van der Waals surface area contributed by atoms with Gasteiger partial charge in [-0.2, -0.15) is 0 Å². The first-order valence-corrected chi connectivity index (χ1v) is 13.6. The molecule has 1 N–H and O–H groups in total. The number of nitrogens with one attached hydrogen (secondary N) is 1. The van der Waals surface area contributed by atoms with Crippen LogP contribution in [0.15, 0.2) is 47.6 Å². The summed E-state index contributed by atoms with van der Waals surface area (Å²) < 4.78 is 5.60. The Balaban J connectivity index is 1.41. The van der Waals surface area contributed by atoms with E-state index in [0.717, 1.165) is 58.9 Å². The number of hydrogen-bond acceptors (Lipinski definition) is 6. The van der Waals surface area contributed by atoms with Gasteiger partial charge in [-0.3, -0.25) is 4.90 Å². The van der Waals surface area contributed by atoms with E-state index in [1.165, 1.54) is 4.90 Å². The zero-order valence-corrected chi connectivity index (χ0v) is 22.2. The lowest BCUT2D eigenvalue weighted by Crippen LogP contribution is -2.41. The van der Waals surface area contributed by atoms with Gasteiger partial charge in [-0.1, -0.05) is 32.9 Å². The Morgan fingerprint density at radius 3 is 2.61 bits per heavy atom. The van der Waals surface area contributed by atoms with Crippen LogP contribution in [0.25, 0.3) is 11.3 Å². The predicted molar refractivity (Wildman–Crippen MR) is 144 cm³/mol. The number of rotatable bonds is 8. The molecule has 1 fully saturated rings. The lowest BCUT2D eigenvalue weighted by atomic mass is 9.85. The number of carbonyl (C=O) groups excluding carboxylic acids is 1. The molecule has 2 amide bonds. The third-order valence-electron chi connectivity index (χ3n) is 7.20. The molecule has 2 aliphatic rings. The van der Waals surface area contributed by atoms with Crippen LogP contribution in [-0.2, 0) is 12.0 Å². The van der Waals surface area contributed by atoms with E-state index in [1.807, 2.05) is 28.8 Å². The highest BCUT2D eigenvalue weighted by molar-refractivity contribution is 7.99. The van der Waals surface area contributed by atoms with Crippen LogP contribution in [-0.4, -0.2) is 40.4 Å². The van der Waals surface area contributed by atoms with Gasteiger partial charge in [0, 0.05) is 29.3 Å².